The molecule has 6 heteroatoms. The van der Waals surface area contributed by atoms with Gasteiger partial charge in [-0.1, -0.05) is 17.7 Å². The van der Waals surface area contributed by atoms with Gasteiger partial charge in [0.15, 0.2) is 0 Å². The van der Waals surface area contributed by atoms with Crippen LogP contribution < -0.4 is 10.9 Å². The summed E-state index contributed by atoms with van der Waals surface area (Å²) < 4.78 is 1.47. The zero-order valence-electron chi connectivity index (χ0n) is 16.8. The summed E-state index contributed by atoms with van der Waals surface area (Å²) in [6, 6.07) is 3.46. The monoisotopic (exact) mass is 395 g/mol. The van der Waals surface area contributed by atoms with Crippen LogP contribution in [0.2, 0.25) is 0 Å². The summed E-state index contributed by atoms with van der Waals surface area (Å²) >= 11 is 1.63. The number of benzene rings is 1. The van der Waals surface area contributed by atoms with E-state index in [-0.39, 0.29) is 11.5 Å². The largest absolute Gasteiger partial charge is 0.324 e. The number of carbonyl (C=O) groups excluding carboxylic acids is 1. The van der Waals surface area contributed by atoms with E-state index in [2.05, 4.69) is 10.3 Å². The van der Waals surface area contributed by atoms with E-state index in [0.29, 0.717) is 5.39 Å². The molecular formula is C22H25N3O2S. The summed E-state index contributed by atoms with van der Waals surface area (Å²) in [6.45, 7) is 7.76. The van der Waals surface area contributed by atoms with E-state index < -0.39 is 6.04 Å². The van der Waals surface area contributed by atoms with Crippen LogP contribution in [-0.4, -0.2) is 15.5 Å². The van der Waals surface area contributed by atoms with Crippen LogP contribution in [0.25, 0.3) is 10.2 Å². The molecule has 3 aromatic rings. The van der Waals surface area contributed by atoms with Gasteiger partial charge in [-0.3, -0.25) is 14.2 Å². The lowest BCUT2D eigenvalue weighted by molar-refractivity contribution is -0.118. The highest BCUT2D eigenvalue weighted by molar-refractivity contribution is 7.18. The summed E-state index contributed by atoms with van der Waals surface area (Å²) in [5.41, 5.74) is 5.06. The molecule has 0 radical (unpaired) electrons. The number of nitrogens with one attached hydrogen (secondary N) is 1. The van der Waals surface area contributed by atoms with E-state index >= 15 is 0 Å². The van der Waals surface area contributed by atoms with Crippen LogP contribution in [0.4, 0.5) is 5.69 Å². The highest BCUT2D eigenvalue weighted by Crippen LogP contribution is 2.33. The molecule has 0 unspecified atom stereocenters. The number of rotatable bonds is 3. The van der Waals surface area contributed by atoms with E-state index in [9.17, 15) is 9.59 Å². The van der Waals surface area contributed by atoms with Gasteiger partial charge in [0, 0.05) is 10.6 Å². The van der Waals surface area contributed by atoms with Crippen molar-refractivity contribution >= 4 is 33.1 Å². The topological polar surface area (TPSA) is 64.0 Å². The highest BCUT2D eigenvalue weighted by Gasteiger charge is 2.23. The molecular weight excluding hydrogens is 370 g/mol. The minimum atomic E-state index is -0.636. The summed E-state index contributed by atoms with van der Waals surface area (Å²) in [4.78, 5) is 32.7. The molecule has 2 heterocycles. The summed E-state index contributed by atoms with van der Waals surface area (Å²) in [7, 11) is 0. The Morgan fingerprint density at radius 3 is 2.57 bits per heavy atom. The third-order valence-electron chi connectivity index (χ3n) is 5.62. The normalized spacial score (nSPS) is 14.7. The molecule has 0 bridgehead atoms. The van der Waals surface area contributed by atoms with Crippen molar-refractivity contribution in [1.82, 2.24) is 9.55 Å². The van der Waals surface area contributed by atoms with Crippen LogP contribution in [0.5, 0.6) is 0 Å². The molecule has 0 aliphatic heterocycles. The van der Waals surface area contributed by atoms with Crippen molar-refractivity contribution in [2.45, 2.75) is 59.4 Å². The van der Waals surface area contributed by atoms with Crippen molar-refractivity contribution in [2.75, 3.05) is 5.32 Å². The van der Waals surface area contributed by atoms with Crippen molar-refractivity contribution in [2.24, 2.45) is 0 Å². The first-order chi connectivity index (χ1) is 13.4. The first kappa shape index (κ1) is 18.9. The molecule has 1 amide bonds. The molecule has 0 fully saturated rings. The van der Waals surface area contributed by atoms with Gasteiger partial charge in [-0.25, -0.2) is 4.98 Å². The molecule has 1 N–H and O–H groups in total. The van der Waals surface area contributed by atoms with Crippen LogP contribution >= 0.6 is 11.3 Å². The standard InChI is InChI=1S/C22H25N3O2S/c1-12-9-13(2)19(14(3)10-12)24-20(26)15(4)25-11-23-21-18(22(25)27)16-7-5-6-8-17(16)28-21/h9-11,15H,5-8H2,1-4H3,(H,24,26)/t15-/m1/s1. The van der Waals surface area contributed by atoms with E-state index in [1.165, 1.54) is 22.2 Å². The highest BCUT2D eigenvalue weighted by atomic mass is 32.1. The second-order valence-electron chi connectivity index (χ2n) is 7.79. The maximum absolute atomic E-state index is 13.2. The molecule has 5 nitrogen and oxygen atoms in total. The molecule has 0 saturated carbocycles. The second kappa shape index (κ2) is 7.17. The number of carbonyl (C=O) groups is 1. The molecule has 1 atom stereocenters. The minimum absolute atomic E-state index is 0.107. The minimum Gasteiger partial charge on any atom is -0.324 e. The van der Waals surface area contributed by atoms with Gasteiger partial charge in [0.1, 0.15) is 10.9 Å². The van der Waals surface area contributed by atoms with E-state index in [4.69, 9.17) is 0 Å². The Labute approximate surface area is 168 Å². The van der Waals surface area contributed by atoms with Gasteiger partial charge in [-0.05, 0) is 70.1 Å². The van der Waals surface area contributed by atoms with Crippen LogP contribution in [0.1, 0.15) is 52.9 Å². The van der Waals surface area contributed by atoms with Crippen molar-refractivity contribution in [1.29, 1.82) is 0 Å². The lowest BCUT2D eigenvalue weighted by Gasteiger charge is -2.18. The maximum atomic E-state index is 13.2. The Kier molecular flexibility index (Phi) is 4.83. The van der Waals surface area contributed by atoms with Gasteiger partial charge in [0.2, 0.25) is 5.91 Å². The lowest BCUT2D eigenvalue weighted by Crippen LogP contribution is -2.32. The van der Waals surface area contributed by atoms with Gasteiger partial charge in [0.25, 0.3) is 5.56 Å². The smallest absolute Gasteiger partial charge is 0.263 e. The Balaban J connectivity index is 1.69. The molecule has 0 saturated heterocycles. The predicted octanol–water partition coefficient (Wildman–Crippen LogP) is 4.46. The Morgan fingerprint density at radius 1 is 1.18 bits per heavy atom. The van der Waals surface area contributed by atoms with Crippen LogP contribution in [0, 0.1) is 20.8 Å². The van der Waals surface area contributed by atoms with Crippen molar-refractivity contribution in [3.8, 4) is 0 Å². The predicted molar refractivity (Wildman–Crippen MR) is 115 cm³/mol. The number of amides is 1. The quantitative estimate of drug-likeness (QED) is 0.712. The molecule has 1 aliphatic carbocycles. The van der Waals surface area contributed by atoms with Crippen LogP contribution in [-0.2, 0) is 17.6 Å². The number of fused-ring (bicyclic) bond motifs is 3. The average molecular weight is 396 g/mol. The fraction of sp³-hybridized carbons (Fsp3) is 0.409. The fourth-order valence-corrected chi connectivity index (χ4v) is 5.39. The number of nitrogens with zero attached hydrogens (tertiary/aromatic N) is 2. The number of hydrogen-bond acceptors (Lipinski definition) is 4. The summed E-state index contributed by atoms with van der Waals surface area (Å²) in [5.74, 6) is -0.206. The van der Waals surface area contributed by atoms with Crippen LogP contribution in [0.3, 0.4) is 0 Å². The molecule has 1 aliphatic rings. The van der Waals surface area contributed by atoms with Gasteiger partial charge in [-0.15, -0.1) is 11.3 Å². The van der Waals surface area contributed by atoms with E-state index in [1.807, 2.05) is 32.9 Å². The van der Waals surface area contributed by atoms with Crippen molar-refractivity contribution in [3.63, 3.8) is 0 Å². The zero-order valence-corrected chi connectivity index (χ0v) is 17.6. The summed E-state index contributed by atoms with van der Waals surface area (Å²) in [6.07, 6.45) is 5.75. The average Bonchev–Trinajstić information content (AvgIpc) is 3.03. The number of aryl methyl sites for hydroxylation is 5. The van der Waals surface area contributed by atoms with Gasteiger partial charge in [-0.2, -0.15) is 0 Å². The molecule has 1 aromatic carbocycles. The van der Waals surface area contributed by atoms with Gasteiger partial charge < -0.3 is 5.32 Å². The fourth-order valence-electron chi connectivity index (χ4n) is 4.17. The number of aromatic nitrogens is 2. The Morgan fingerprint density at radius 2 is 1.86 bits per heavy atom. The van der Waals surface area contributed by atoms with E-state index in [0.717, 1.165) is 52.0 Å². The van der Waals surface area contributed by atoms with Crippen LogP contribution in [0.15, 0.2) is 23.3 Å². The van der Waals surface area contributed by atoms with Crippen molar-refractivity contribution < 1.29 is 4.79 Å². The Bertz CT molecular complexity index is 1120. The number of anilines is 1. The van der Waals surface area contributed by atoms with Crippen molar-refractivity contribution in [3.05, 3.63) is 55.9 Å². The van der Waals surface area contributed by atoms with Gasteiger partial charge >= 0.3 is 0 Å². The first-order valence-corrected chi connectivity index (χ1v) is 10.6. The second-order valence-corrected chi connectivity index (χ2v) is 8.87. The molecule has 28 heavy (non-hydrogen) atoms. The number of hydrogen-bond donors (Lipinski definition) is 1. The van der Waals surface area contributed by atoms with E-state index in [1.54, 1.807) is 18.3 Å². The molecule has 0 spiro atoms. The molecule has 146 valence electrons. The lowest BCUT2D eigenvalue weighted by atomic mass is 9.97. The third kappa shape index (κ3) is 3.15. The Hall–Kier alpha value is -2.47. The third-order valence-corrected chi connectivity index (χ3v) is 6.82. The maximum Gasteiger partial charge on any atom is 0.263 e. The SMILES string of the molecule is Cc1cc(C)c(NC(=O)[C@@H](C)n2cnc3sc4c(c3c2=O)CCCC4)c(C)c1. The van der Waals surface area contributed by atoms with Gasteiger partial charge in [0.05, 0.1) is 11.7 Å². The molecule has 4 rings (SSSR count). The number of thiophene rings is 1. The first-order valence-electron chi connectivity index (χ1n) is 9.77. The summed E-state index contributed by atoms with van der Waals surface area (Å²) in [5, 5.41) is 3.72. The zero-order chi connectivity index (χ0) is 20.0. The molecule has 2 aromatic heterocycles.